The highest BCUT2D eigenvalue weighted by molar-refractivity contribution is 5.24. The predicted molar refractivity (Wildman–Crippen MR) is 93.3 cm³/mol. The fourth-order valence-corrected chi connectivity index (χ4v) is 3.99. The zero-order chi connectivity index (χ0) is 16.0. The molecule has 0 bridgehead atoms. The second kappa shape index (κ2) is 8.27. The largest absolute Gasteiger partial charge is 0.353 e. The zero-order valence-electron chi connectivity index (χ0n) is 14.3. The molecule has 1 aromatic carbocycles. The minimum Gasteiger partial charge on any atom is -0.353 e. The molecular formula is C20H31NO2. The third kappa shape index (κ3) is 4.79. The van der Waals surface area contributed by atoms with Crippen molar-refractivity contribution in [2.75, 3.05) is 19.8 Å². The highest BCUT2D eigenvalue weighted by atomic mass is 16.7. The van der Waals surface area contributed by atoms with Crippen LogP contribution in [0, 0.1) is 5.41 Å². The first-order valence-electron chi connectivity index (χ1n) is 9.31. The van der Waals surface area contributed by atoms with Crippen molar-refractivity contribution in [3.63, 3.8) is 0 Å². The first kappa shape index (κ1) is 16.9. The van der Waals surface area contributed by atoms with Gasteiger partial charge in [0.2, 0.25) is 0 Å². The third-order valence-electron chi connectivity index (χ3n) is 5.53. The van der Waals surface area contributed by atoms with Crippen LogP contribution in [0.2, 0.25) is 0 Å². The van der Waals surface area contributed by atoms with Crippen molar-refractivity contribution in [3.05, 3.63) is 35.4 Å². The summed E-state index contributed by atoms with van der Waals surface area (Å²) in [6.45, 7) is 2.42. The summed E-state index contributed by atoms with van der Waals surface area (Å²) < 4.78 is 11.4. The van der Waals surface area contributed by atoms with Gasteiger partial charge in [-0.05, 0) is 68.0 Å². The molecule has 0 spiro atoms. The molecule has 2 aliphatic rings. The van der Waals surface area contributed by atoms with E-state index in [9.17, 15) is 0 Å². The van der Waals surface area contributed by atoms with Crippen molar-refractivity contribution in [1.29, 1.82) is 0 Å². The molecule has 1 saturated carbocycles. The molecule has 0 amide bonds. The van der Waals surface area contributed by atoms with Crippen LogP contribution >= 0.6 is 0 Å². The van der Waals surface area contributed by atoms with Crippen LogP contribution in [0.25, 0.3) is 0 Å². The molecule has 1 aliphatic heterocycles. The smallest absolute Gasteiger partial charge is 0.157 e. The summed E-state index contributed by atoms with van der Waals surface area (Å²) in [5.74, 6) is 0. The lowest BCUT2D eigenvalue weighted by Gasteiger charge is -2.27. The van der Waals surface area contributed by atoms with Crippen LogP contribution in [-0.2, 0) is 22.3 Å². The quantitative estimate of drug-likeness (QED) is 0.831. The minimum atomic E-state index is 0.0230. The van der Waals surface area contributed by atoms with E-state index in [1.54, 1.807) is 0 Å². The van der Waals surface area contributed by atoms with Gasteiger partial charge >= 0.3 is 0 Å². The Balaban J connectivity index is 1.45. The lowest BCUT2D eigenvalue weighted by atomic mass is 9.80. The van der Waals surface area contributed by atoms with E-state index in [4.69, 9.17) is 15.2 Å². The van der Waals surface area contributed by atoms with Crippen LogP contribution in [0.1, 0.15) is 56.1 Å². The van der Waals surface area contributed by atoms with Crippen LogP contribution in [-0.4, -0.2) is 26.0 Å². The maximum Gasteiger partial charge on any atom is 0.157 e. The SMILES string of the molecule is NCC1(Cc2ccc(CCOC3CCCCO3)cc2)CCCC1. The van der Waals surface area contributed by atoms with Crippen LogP contribution in [0.15, 0.2) is 24.3 Å². The van der Waals surface area contributed by atoms with Crippen molar-refractivity contribution < 1.29 is 9.47 Å². The van der Waals surface area contributed by atoms with E-state index in [-0.39, 0.29) is 6.29 Å². The Kier molecular flexibility index (Phi) is 6.09. The molecule has 23 heavy (non-hydrogen) atoms. The van der Waals surface area contributed by atoms with Gasteiger partial charge in [0.1, 0.15) is 0 Å². The lowest BCUT2D eigenvalue weighted by Crippen LogP contribution is -2.29. The average molecular weight is 317 g/mol. The molecule has 0 radical (unpaired) electrons. The monoisotopic (exact) mass is 317 g/mol. The maximum absolute atomic E-state index is 6.05. The Bertz CT molecular complexity index is 459. The molecule has 2 fully saturated rings. The van der Waals surface area contributed by atoms with Crippen LogP contribution in [0.4, 0.5) is 0 Å². The number of nitrogens with two attached hydrogens (primary N) is 1. The first-order valence-corrected chi connectivity index (χ1v) is 9.31. The average Bonchev–Trinajstić information content (AvgIpc) is 3.07. The maximum atomic E-state index is 6.05. The van der Waals surface area contributed by atoms with E-state index in [1.807, 2.05) is 0 Å². The van der Waals surface area contributed by atoms with E-state index < -0.39 is 0 Å². The number of hydrogen-bond donors (Lipinski definition) is 1. The molecular weight excluding hydrogens is 286 g/mol. The molecule has 3 heteroatoms. The van der Waals surface area contributed by atoms with Gasteiger partial charge in [-0.3, -0.25) is 0 Å². The van der Waals surface area contributed by atoms with Crippen molar-refractivity contribution in [2.24, 2.45) is 11.1 Å². The molecule has 1 heterocycles. The summed E-state index contributed by atoms with van der Waals surface area (Å²) >= 11 is 0. The van der Waals surface area contributed by atoms with E-state index in [0.29, 0.717) is 5.41 Å². The van der Waals surface area contributed by atoms with E-state index in [0.717, 1.165) is 39.0 Å². The van der Waals surface area contributed by atoms with Gasteiger partial charge in [0.15, 0.2) is 6.29 Å². The van der Waals surface area contributed by atoms with Gasteiger partial charge in [-0.2, -0.15) is 0 Å². The summed E-state index contributed by atoms with van der Waals surface area (Å²) in [4.78, 5) is 0. The Hall–Kier alpha value is -0.900. The van der Waals surface area contributed by atoms with Gasteiger partial charge in [0, 0.05) is 6.61 Å². The lowest BCUT2D eigenvalue weighted by molar-refractivity contribution is -0.161. The number of benzene rings is 1. The molecule has 1 saturated heterocycles. The van der Waals surface area contributed by atoms with Gasteiger partial charge in [-0.15, -0.1) is 0 Å². The summed E-state index contributed by atoms with van der Waals surface area (Å²) in [7, 11) is 0. The van der Waals surface area contributed by atoms with Gasteiger partial charge in [-0.25, -0.2) is 0 Å². The molecule has 3 rings (SSSR count). The van der Waals surface area contributed by atoms with Crippen molar-refractivity contribution in [2.45, 2.75) is 64.1 Å². The van der Waals surface area contributed by atoms with Crippen molar-refractivity contribution in [3.8, 4) is 0 Å². The number of hydrogen-bond acceptors (Lipinski definition) is 3. The van der Waals surface area contributed by atoms with Crippen LogP contribution in [0.5, 0.6) is 0 Å². The Morgan fingerprint density at radius 2 is 1.78 bits per heavy atom. The van der Waals surface area contributed by atoms with Gasteiger partial charge < -0.3 is 15.2 Å². The van der Waals surface area contributed by atoms with Gasteiger partial charge in [-0.1, -0.05) is 37.1 Å². The Labute approximate surface area is 140 Å². The Morgan fingerprint density at radius 1 is 1.04 bits per heavy atom. The predicted octanol–water partition coefficient (Wildman–Crippen LogP) is 3.83. The number of ether oxygens (including phenoxy) is 2. The molecule has 1 atom stereocenters. The normalized spacial score (nSPS) is 24.0. The first-order chi connectivity index (χ1) is 11.3. The van der Waals surface area contributed by atoms with Gasteiger partial charge in [0.25, 0.3) is 0 Å². The molecule has 1 aromatic rings. The number of rotatable bonds is 7. The second-order valence-corrected chi connectivity index (χ2v) is 7.32. The molecule has 1 aliphatic carbocycles. The second-order valence-electron chi connectivity index (χ2n) is 7.32. The molecule has 128 valence electrons. The van der Waals surface area contributed by atoms with E-state index >= 15 is 0 Å². The molecule has 3 nitrogen and oxygen atoms in total. The Morgan fingerprint density at radius 3 is 2.43 bits per heavy atom. The summed E-state index contributed by atoms with van der Waals surface area (Å²) in [5.41, 5.74) is 9.19. The highest BCUT2D eigenvalue weighted by Gasteiger charge is 2.32. The van der Waals surface area contributed by atoms with E-state index in [1.165, 1.54) is 49.7 Å². The molecule has 0 aromatic heterocycles. The van der Waals surface area contributed by atoms with E-state index in [2.05, 4.69) is 24.3 Å². The fourth-order valence-electron chi connectivity index (χ4n) is 3.99. The molecule has 2 N–H and O–H groups in total. The van der Waals surface area contributed by atoms with Crippen LogP contribution in [0.3, 0.4) is 0 Å². The summed E-state index contributed by atoms with van der Waals surface area (Å²) in [6, 6.07) is 9.06. The fraction of sp³-hybridized carbons (Fsp3) is 0.700. The van der Waals surface area contributed by atoms with Crippen molar-refractivity contribution in [1.82, 2.24) is 0 Å². The van der Waals surface area contributed by atoms with Crippen LogP contribution < -0.4 is 5.73 Å². The standard InChI is InChI=1S/C20H31NO2/c21-16-20(11-2-3-12-20)15-18-8-6-17(7-9-18)10-14-23-19-5-1-4-13-22-19/h6-9,19H,1-5,10-16,21H2. The molecule has 1 unspecified atom stereocenters. The minimum absolute atomic E-state index is 0.0230. The highest BCUT2D eigenvalue weighted by Crippen LogP contribution is 2.39. The third-order valence-corrected chi connectivity index (χ3v) is 5.53. The topological polar surface area (TPSA) is 44.5 Å². The van der Waals surface area contributed by atoms with Gasteiger partial charge in [0.05, 0.1) is 6.61 Å². The zero-order valence-corrected chi connectivity index (χ0v) is 14.3. The van der Waals surface area contributed by atoms with Crippen molar-refractivity contribution >= 4 is 0 Å². The summed E-state index contributed by atoms with van der Waals surface area (Å²) in [6.07, 6.45) is 10.8. The summed E-state index contributed by atoms with van der Waals surface area (Å²) in [5, 5.41) is 0.